The third-order valence-electron chi connectivity index (χ3n) is 8.50. The molecule has 13 nitrogen and oxygen atoms in total. The summed E-state index contributed by atoms with van der Waals surface area (Å²) in [4.78, 5) is 41.2. The van der Waals surface area contributed by atoms with Crippen molar-refractivity contribution in [2.24, 2.45) is 13.0 Å². The van der Waals surface area contributed by atoms with Gasteiger partial charge in [0.2, 0.25) is 11.8 Å². The summed E-state index contributed by atoms with van der Waals surface area (Å²) >= 11 is 1.07. The summed E-state index contributed by atoms with van der Waals surface area (Å²) in [6.45, 7) is 8.42. The molecule has 2 aliphatic heterocycles. The van der Waals surface area contributed by atoms with Crippen molar-refractivity contribution in [3.8, 4) is 5.75 Å². The number of rotatable bonds is 11. The molecule has 258 valence electrons. The molecule has 49 heavy (non-hydrogen) atoms. The highest BCUT2D eigenvalue weighted by Gasteiger charge is 2.34. The third-order valence-corrected chi connectivity index (χ3v) is 9.38. The molecule has 5 N–H and O–H groups in total. The molecule has 5 rings (SSSR count). The van der Waals surface area contributed by atoms with Crippen LogP contribution in [0.4, 0.5) is 11.5 Å². The van der Waals surface area contributed by atoms with Crippen molar-refractivity contribution in [1.29, 1.82) is 16.2 Å². The Kier molecular flexibility index (Phi) is 11.3. The molecule has 1 atom stereocenters. The van der Waals surface area contributed by atoms with Crippen LogP contribution in [0, 0.1) is 22.1 Å². The molecule has 2 amide bonds. The van der Waals surface area contributed by atoms with Gasteiger partial charge in [-0.25, -0.2) is 9.97 Å². The van der Waals surface area contributed by atoms with Gasteiger partial charge < -0.3 is 19.9 Å². The molecule has 1 fully saturated rings. The van der Waals surface area contributed by atoms with Crippen LogP contribution in [0.1, 0.15) is 50.6 Å². The van der Waals surface area contributed by atoms with E-state index in [1.54, 1.807) is 51.2 Å². The molecule has 0 aliphatic carbocycles. The maximum absolute atomic E-state index is 13.8. The van der Waals surface area contributed by atoms with Gasteiger partial charge >= 0.3 is 0 Å². The van der Waals surface area contributed by atoms with Crippen LogP contribution in [0.5, 0.6) is 5.75 Å². The summed E-state index contributed by atoms with van der Waals surface area (Å²) < 4.78 is 7.48. The number of hydrogen-bond acceptors (Lipinski definition) is 11. The van der Waals surface area contributed by atoms with Gasteiger partial charge in [0.05, 0.1) is 41.3 Å². The number of nitrogen functional groups attached to an aromatic ring is 1. The first-order valence-corrected chi connectivity index (χ1v) is 17.2. The Labute approximate surface area is 291 Å². The Morgan fingerprint density at radius 2 is 1.86 bits per heavy atom. The second kappa shape index (κ2) is 15.6. The van der Waals surface area contributed by atoms with E-state index in [1.807, 2.05) is 50.9 Å². The Hall–Kier alpha value is -4.82. The molecule has 3 aromatic rings. The molecule has 2 aliphatic rings. The Bertz CT molecular complexity index is 1770. The fourth-order valence-corrected chi connectivity index (χ4v) is 6.62. The zero-order valence-electron chi connectivity index (χ0n) is 28.4. The standard InChI is InChI=1S/C35H44N10O3S/c1-5-45(29-11-10-27(36)32(41-29)31(37)23-6-8-26(9-7-23)48-22(2)3)35(47)25-12-15-43(18-25)20-30(46)44-16-13-24(14-17-44)33(38)49-34(39)28-19-42(4)21-40-28/h6-11,13,19,21-22,25,37-39H,5,12,14-18,20,36H2,1-4H3/t25-/m1/s1. The van der Waals surface area contributed by atoms with E-state index in [9.17, 15) is 9.59 Å². The van der Waals surface area contributed by atoms with Crippen LogP contribution in [0.15, 0.2) is 60.6 Å². The lowest BCUT2D eigenvalue weighted by Gasteiger charge is -2.28. The zero-order chi connectivity index (χ0) is 35.2. The number of benzene rings is 1. The molecule has 0 unspecified atom stereocenters. The smallest absolute Gasteiger partial charge is 0.237 e. The predicted octanol–water partition coefficient (Wildman–Crippen LogP) is 4.17. The third kappa shape index (κ3) is 8.62. The number of thioether (sulfide) groups is 1. The fraction of sp³-hybridized carbons (Fsp3) is 0.400. The van der Waals surface area contributed by atoms with E-state index in [0.717, 1.165) is 17.3 Å². The summed E-state index contributed by atoms with van der Waals surface area (Å²) in [6.07, 6.45) is 6.48. The maximum atomic E-state index is 13.8. The average molecular weight is 685 g/mol. The van der Waals surface area contributed by atoms with Crippen LogP contribution in [0.3, 0.4) is 0 Å². The van der Waals surface area contributed by atoms with Crippen molar-refractivity contribution in [1.82, 2.24) is 24.3 Å². The van der Waals surface area contributed by atoms with Gasteiger partial charge in [-0.1, -0.05) is 6.08 Å². The van der Waals surface area contributed by atoms with Crippen LogP contribution in [-0.2, 0) is 16.6 Å². The maximum Gasteiger partial charge on any atom is 0.237 e. The predicted molar refractivity (Wildman–Crippen MR) is 194 cm³/mol. The van der Waals surface area contributed by atoms with Gasteiger partial charge in [-0.05, 0) is 93.9 Å². The number of nitrogens with zero attached hydrogens (tertiary/aromatic N) is 6. The Balaban J connectivity index is 1.15. The van der Waals surface area contributed by atoms with Gasteiger partial charge in [-0.3, -0.25) is 35.6 Å². The normalized spacial score (nSPS) is 16.4. The van der Waals surface area contributed by atoms with Gasteiger partial charge in [0.15, 0.2) is 0 Å². The van der Waals surface area contributed by atoms with Crippen LogP contribution < -0.4 is 15.4 Å². The molecular weight excluding hydrogens is 641 g/mol. The first-order chi connectivity index (χ1) is 23.4. The van der Waals surface area contributed by atoms with E-state index < -0.39 is 0 Å². The minimum atomic E-state index is -0.289. The van der Waals surface area contributed by atoms with Crippen molar-refractivity contribution in [3.63, 3.8) is 0 Å². The number of carbonyl (C=O) groups is 2. The lowest BCUT2D eigenvalue weighted by Crippen LogP contribution is -2.43. The van der Waals surface area contributed by atoms with Crippen molar-refractivity contribution in [2.45, 2.75) is 39.7 Å². The first kappa shape index (κ1) is 35.5. The van der Waals surface area contributed by atoms with Crippen molar-refractivity contribution in [3.05, 3.63) is 77.5 Å². The largest absolute Gasteiger partial charge is 0.491 e. The van der Waals surface area contributed by atoms with E-state index >= 15 is 0 Å². The van der Waals surface area contributed by atoms with Gasteiger partial charge in [0, 0.05) is 45.0 Å². The van der Waals surface area contributed by atoms with Crippen LogP contribution in [0.2, 0.25) is 0 Å². The van der Waals surface area contributed by atoms with Gasteiger partial charge in [-0.2, -0.15) is 0 Å². The molecule has 0 spiro atoms. The molecule has 4 heterocycles. The zero-order valence-corrected chi connectivity index (χ0v) is 29.2. The molecular formula is C35H44N10O3S. The number of nitrogens with two attached hydrogens (primary N) is 1. The number of hydrogen-bond donors (Lipinski definition) is 4. The van der Waals surface area contributed by atoms with Crippen molar-refractivity contribution in [2.75, 3.05) is 49.9 Å². The number of amides is 2. The molecule has 1 saturated heterocycles. The summed E-state index contributed by atoms with van der Waals surface area (Å²) in [5.74, 6) is 0.780. The van der Waals surface area contributed by atoms with E-state index in [2.05, 4.69) is 9.97 Å². The molecule has 0 saturated carbocycles. The Morgan fingerprint density at radius 3 is 2.49 bits per heavy atom. The lowest BCUT2D eigenvalue weighted by atomic mass is 10.0. The molecule has 1 aromatic carbocycles. The number of carbonyl (C=O) groups excluding carboxylic acids is 2. The Morgan fingerprint density at radius 1 is 1.10 bits per heavy atom. The highest BCUT2D eigenvalue weighted by Crippen LogP contribution is 2.26. The number of pyridine rings is 1. The summed E-state index contributed by atoms with van der Waals surface area (Å²) in [7, 11) is 1.84. The number of aromatic nitrogens is 3. The average Bonchev–Trinajstić information content (AvgIpc) is 3.74. The van der Waals surface area contributed by atoms with E-state index in [0.29, 0.717) is 84.8 Å². The number of imidazole rings is 1. The molecule has 0 bridgehead atoms. The topological polar surface area (TPSA) is 181 Å². The van der Waals surface area contributed by atoms with Gasteiger partial charge in [0.25, 0.3) is 0 Å². The quantitative estimate of drug-likeness (QED) is 0.172. The van der Waals surface area contributed by atoms with E-state index in [4.69, 9.17) is 26.7 Å². The van der Waals surface area contributed by atoms with E-state index in [-0.39, 0.29) is 41.1 Å². The summed E-state index contributed by atoms with van der Waals surface area (Å²) in [6, 6.07) is 10.6. The number of likely N-dealkylation sites (tertiary alicyclic amines) is 1. The fourth-order valence-electron chi connectivity index (χ4n) is 5.89. The number of ether oxygens (including phenoxy) is 1. The number of aryl methyl sites for hydroxylation is 1. The van der Waals surface area contributed by atoms with E-state index in [1.165, 1.54) is 0 Å². The molecule has 2 aromatic heterocycles. The number of anilines is 2. The van der Waals surface area contributed by atoms with Crippen molar-refractivity contribution >= 4 is 50.9 Å². The first-order valence-electron chi connectivity index (χ1n) is 16.4. The van der Waals surface area contributed by atoms with Crippen molar-refractivity contribution < 1.29 is 14.3 Å². The lowest BCUT2D eigenvalue weighted by molar-refractivity contribution is -0.132. The van der Waals surface area contributed by atoms with Crippen LogP contribution in [-0.4, -0.2) is 97.3 Å². The second-order valence-corrected chi connectivity index (χ2v) is 13.5. The second-order valence-electron chi connectivity index (χ2n) is 12.5. The minimum absolute atomic E-state index is 0.0108. The number of nitrogens with one attached hydrogen (secondary N) is 3. The monoisotopic (exact) mass is 684 g/mol. The van der Waals surface area contributed by atoms with Gasteiger partial charge in [0.1, 0.15) is 28.0 Å². The molecule has 14 heteroatoms. The van der Waals surface area contributed by atoms with Crippen LogP contribution >= 0.6 is 11.8 Å². The highest BCUT2D eigenvalue weighted by atomic mass is 32.2. The summed E-state index contributed by atoms with van der Waals surface area (Å²) in [5.41, 5.74) is 9.05. The minimum Gasteiger partial charge on any atom is -0.491 e. The highest BCUT2D eigenvalue weighted by molar-refractivity contribution is 8.27. The summed E-state index contributed by atoms with van der Waals surface area (Å²) in [5, 5.41) is 26.0. The van der Waals surface area contributed by atoms with Gasteiger partial charge in [-0.15, -0.1) is 0 Å². The molecule has 0 radical (unpaired) electrons. The SMILES string of the molecule is CCN(C(=O)[C@@H]1CCN(CC(=O)N2CC=C(C(=N)SC(=N)c3cn(C)cn3)CC2)C1)c1ccc(N)c(C(=N)c2ccc(OC(C)C)cc2)n1. The van der Waals surface area contributed by atoms with Crippen LogP contribution in [0.25, 0.3) is 0 Å².